The molecule has 1 aliphatic rings. The second-order valence-electron chi connectivity index (χ2n) is 5.14. The summed E-state index contributed by atoms with van der Waals surface area (Å²) in [6.45, 7) is 0.987. The van der Waals surface area contributed by atoms with Crippen LogP contribution < -0.4 is 5.73 Å². The van der Waals surface area contributed by atoms with Gasteiger partial charge in [0.25, 0.3) is 0 Å². The Morgan fingerprint density at radius 2 is 1.95 bits per heavy atom. The third kappa shape index (κ3) is 4.72. The summed E-state index contributed by atoms with van der Waals surface area (Å²) in [7, 11) is 0.584. The van der Waals surface area contributed by atoms with Gasteiger partial charge in [0.05, 0.1) is 5.75 Å². The Morgan fingerprint density at radius 3 is 2.37 bits per heavy atom. The quantitative estimate of drug-likeness (QED) is 0.661. The van der Waals surface area contributed by atoms with E-state index in [9.17, 15) is 13.2 Å². The summed E-state index contributed by atoms with van der Waals surface area (Å²) in [5.74, 6) is -1.37. The Balaban J connectivity index is 2.49. The van der Waals surface area contributed by atoms with Crippen molar-refractivity contribution in [2.45, 2.75) is 31.3 Å². The SMILES string of the molecule is CN(C)C1CCN(S(=O)(=O)CCC(N)C(=O)O)CC1. The Bertz CT molecular complexity index is 402. The first kappa shape index (κ1) is 16.4. The third-order valence-corrected chi connectivity index (χ3v) is 5.45. The smallest absolute Gasteiger partial charge is 0.320 e. The minimum atomic E-state index is -3.39. The van der Waals surface area contributed by atoms with Gasteiger partial charge in [-0.1, -0.05) is 0 Å². The minimum Gasteiger partial charge on any atom is -0.480 e. The van der Waals surface area contributed by atoms with Gasteiger partial charge in [-0.3, -0.25) is 4.79 Å². The van der Waals surface area contributed by atoms with Crippen molar-refractivity contribution in [1.82, 2.24) is 9.21 Å². The molecule has 1 atom stereocenters. The highest BCUT2D eigenvalue weighted by atomic mass is 32.2. The number of nitrogens with zero attached hydrogens (tertiary/aromatic N) is 2. The largest absolute Gasteiger partial charge is 0.480 e. The molecule has 1 rings (SSSR count). The van der Waals surface area contributed by atoms with Crippen molar-refractivity contribution < 1.29 is 18.3 Å². The Morgan fingerprint density at radius 1 is 1.42 bits per heavy atom. The van der Waals surface area contributed by atoms with Crippen LogP contribution in [0.25, 0.3) is 0 Å². The second kappa shape index (κ2) is 6.65. The van der Waals surface area contributed by atoms with Crippen LogP contribution in [0, 0.1) is 0 Å². The Labute approximate surface area is 114 Å². The molecule has 1 saturated heterocycles. The number of sulfonamides is 1. The summed E-state index contributed by atoms with van der Waals surface area (Å²) in [5.41, 5.74) is 5.33. The summed E-state index contributed by atoms with van der Waals surface area (Å²) in [6, 6.07) is -0.707. The molecule has 1 aliphatic heterocycles. The lowest BCUT2D eigenvalue weighted by atomic mass is 10.1. The first-order valence-corrected chi connectivity index (χ1v) is 7.97. The number of hydrogen-bond acceptors (Lipinski definition) is 5. The first-order chi connectivity index (χ1) is 8.74. The van der Waals surface area contributed by atoms with Crippen molar-refractivity contribution in [1.29, 1.82) is 0 Å². The molecule has 1 fully saturated rings. The maximum absolute atomic E-state index is 12.1. The minimum absolute atomic E-state index is 0.0503. The van der Waals surface area contributed by atoms with E-state index in [0.717, 1.165) is 12.8 Å². The van der Waals surface area contributed by atoms with Crippen LogP contribution in [0.2, 0.25) is 0 Å². The molecule has 8 heteroatoms. The number of carboxylic acid groups (broad SMARTS) is 1. The lowest BCUT2D eigenvalue weighted by Crippen LogP contribution is -2.45. The topological polar surface area (TPSA) is 104 Å². The number of carbonyl (C=O) groups is 1. The molecule has 0 radical (unpaired) electrons. The molecule has 0 aromatic heterocycles. The van der Waals surface area contributed by atoms with Crippen LogP contribution >= 0.6 is 0 Å². The van der Waals surface area contributed by atoms with Crippen molar-refractivity contribution in [3.63, 3.8) is 0 Å². The number of carboxylic acids is 1. The average molecular weight is 293 g/mol. The number of rotatable bonds is 6. The van der Waals surface area contributed by atoms with Gasteiger partial charge in [0.15, 0.2) is 0 Å². The van der Waals surface area contributed by atoms with Gasteiger partial charge >= 0.3 is 5.97 Å². The van der Waals surface area contributed by atoms with E-state index in [1.165, 1.54) is 4.31 Å². The van der Waals surface area contributed by atoms with Crippen LogP contribution in [-0.2, 0) is 14.8 Å². The van der Waals surface area contributed by atoms with Gasteiger partial charge in [-0.2, -0.15) is 0 Å². The zero-order valence-corrected chi connectivity index (χ0v) is 12.3. The number of piperidine rings is 1. The van der Waals surface area contributed by atoms with Crippen LogP contribution in [0.5, 0.6) is 0 Å². The van der Waals surface area contributed by atoms with Crippen molar-refractivity contribution in [3.05, 3.63) is 0 Å². The molecular weight excluding hydrogens is 270 g/mol. The van der Waals surface area contributed by atoms with Gasteiger partial charge in [0.2, 0.25) is 10.0 Å². The number of nitrogens with two attached hydrogens (primary N) is 1. The highest BCUT2D eigenvalue weighted by Gasteiger charge is 2.29. The van der Waals surface area contributed by atoms with E-state index in [4.69, 9.17) is 10.8 Å². The van der Waals surface area contributed by atoms with Crippen LogP contribution in [0.1, 0.15) is 19.3 Å². The van der Waals surface area contributed by atoms with E-state index in [1.54, 1.807) is 0 Å². The summed E-state index contributed by atoms with van der Waals surface area (Å²) in [5, 5.41) is 8.65. The van der Waals surface area contributed by atoms with Gasteiger partial charge in [-0.05, 0) is 33.4 Å². The van der Waals surface area contributed by atoms with Gasteiger partial charge in [-0.25, -0.2) is 12.7 Å². The third-order valence-electron chi connectivity index (χ3n) is 3.55. The number of hydrogen-bond donors (Lipinski definition) is 2. The Kier molecular flexibility index (Phi) is 5.72. The molecule has 7 nitrogen and oxygen atoms in total. The fraction of sp³-hybridized carbons (Fsp3) is 0.909. The van der Waals surface area contributed by atoms with Gasteiger partial charge in [0, 0.05) is 19.1 Å². The summed E-state index contributed by atoms with van der Waals surface area (Å²) in [6.07, 6.45) is 1.56. The van der Waals surface area contributed by atoms with E-state index in [2.05, 4.69) is 4.90 Å². The zero-order chi connectivity index (χ0) is 14.6. The van der Waals surface area contributed by atoms with E-state index in [-0.39, 0.29) is 12.2 Å². The standard InChI is InChI=1S/C11H23N3O4S/c1-13(2)9-3-6-14(7-4-9)19(17,18)8-5-10(12)11(15)16/h9-10H,3-8,12H2,1-2H3,(H,15,16). The maximum Gasteiger partial charge on any atom is 0.320 e. The van der Waals surface area contributed by atoms with Crippen LogP contribution in [0.4, 0.5) is 0 Å². The normalized spacial score (nSPS) is 20.6. The predicted molar refractivity (Wildman–Crippen MR) is 72.3 cm³/mol. The fourth-order valence-electron chi connectivity index (χ4n) is 2.17. The molecule has 3 N–H and O–H groups in total. The molecule has 0 aromatic carbocycles. The average Bonchev–Trinajstić information content (AvgIpc) is 2.36. The lowest BCUT2D eigenvalue weighted by molar-refractivity contribution is -0.138. The highest BCUT2D eigenvalue weighted by Crippen LogP contribution is 2.17. The molecular formula is C11H23N3O4S. The molecule has 0 aromatic rings. The summed E-state index contributed by atoms with van der Waals surface area (Å²) in [4.78, 5) is 12.7. The van der Waals surface area contributed by atoms with E-state index >= 15 is 0 Å². The van der Waals surface area contributed by atoms with E-state index < -0.39 is 22.0 Å². The first-order valence-electron chi connectivity index (χ1n) is 6.36. The molecule has 1 heterocycles. The molecule has 0 bridgehead atoms. The predicted octanol–water partition coefficient (Wildman–Crippen LogP) is -0.856. The zero-order valence-electron chi connectivity index (χ0n) is 11.4. The Hall–Kier alpha value is -0.700. The number of aliphatic carboxylic acids is 1. The molecule has 112 valence electrons. The second-order valence-corrected chi connectivity index (χ2v) is 7.23. The van der Waals surface area contributed by atoms with Crippen molar-refractivity contribution in [2.24, 2.45) is 5.73 Å². The van der Waals surface area contributed by atoms with Crippen molar-refractivity contribution in [2.75, 3.05) is 32.9 Å². The monoisotopic (exact) mass is 293 g/mol. The molecule has 0 aliphatic carbocycles. The summed E-state index contributed by atoms with van der Waals surface area (Å²) < 4.78 is 25.6. The molecule has 0 saturated carbocycles. The van der Waals surface area contributed by atoms with E-state index in [1.807, 2.05) is 14.1 Å². The van der Waals surface area contributed by atoms with Gasteiger partial charge < -0.3 is 15.7 Å². The van der Waals surface area contributed by atoms with Crippen LogP contribution in [0.3, 0.4) is 0 Å². The van der Waals surface area contributed by atoms with Gasteiger partial charge in [-0.15, -0.1) is 0 Å². The van der Waals surface area contributed by atoms with Crippen LogP contribution in [0.15, 0.2) is 0 Å². The summed E-state index contributed by atoms with van der Waals surface area (Å²) >= 11 is 0. The fourth-order valence-corrected chi connectivity index (χ4v) is 3.74. The van der Waals surface area contributed by atoms with Crippen molar-refractivity contribution in [3.8, 4) is 0 Å². The molecule has 19 heavy (non-hydrogen) atoms. The van der Waals surface area contributed by atoms with Gasteiger partial charge in [0.1, 0.15) is 6.04 Å². The highest BCUT2D eigenvalue weighted by molar-refractivity contribution is 7.89. The molecule has 0 amide bonds. The maximum atomic E-state index is 12.1. The van der Waals surface area contributed by atoms with Crippen molar-refractivity contribution >= 4 is 16.0 Å². The molecule has 1 unspecified atom stereocenters. The lowest BCUT2D eigenvalue weighted by Gasteiger charge is -2.34. The van der Waals surface area contributed by atoms with Crippen LogP contribution in [-0.4, -0.2) is 73.7 Å². The molecule has 0 spiro atoms. The van der Waals surface area contributed by atoms with E-state index in [0.29, 0.717) is 19.1 Å².